The Morgan fingerprint density at radius 3 is 2.55 bits per heavy atom. The van der Waals surface area contributed by atoms with Gasteiger partial charge in [-0.2, -0.15) is 0 Å². The Morgan fingerprint density at radius 1 is 0.864 bits per heavy atom. The van der Waals surface area contributed by atoms with Gasteiger partial charge in [0, 0.05) is 60.0 Å². The molecule has 220 valence electrons. The molecule has 1 aliphatic rings. The minimum atomic E-state index is -0.320. The molecule has 3 aromatic carbocycles. The zero-order valence-electron chi connectivity index (χ0n) is 23.8. The molecule has 7 rings (SSSR count). The topological polar surface area (TPSA) is 109 Å². The number of anilines is 4. The number of hydrogen-bond donors (Lipinski definition) is 3. The van der Waals surface area contributed by atoms with Gasteiger partial charge in [0.2, 0.25) is 5.95 Å². The summed E-state index contributed by atoms with van der Waals surface area (Å²) >= 11 is 1.55. The molecule has 3 aromatic heterocycles. The summed E-state index contributed by atoms with van der Waals surface area (Å²) in [7, 11) is 0. The van der Waals surface area contributed by atoms with Gasteiger partial charge in [0.1, 0.15) is 5.69 Å². The average molecular weight is 603 g/mol. The highest BCUT2D eigenvalue weighted by Crippen LogP contribution is 2.35. The van der Waals surface area contributed by atoms with E-state index in [1.165, 1.54) is 5.56 Å². The highest BCUT2D eigenvalue weighted by atomic mass is 32.1. The smallest absolute Gasteiger partial charge is 0.323 e. The number of ether oxygens (including phenoxy) is 1. The van der Waals surface area contributed by atoms with Crippen LogP contribution in [0.1, 0.15) is 5.56 Å². The average Bonchev–Trinajstić information content (AvgIpc) is 3.64. The Hall–Kier alpha value is -5.10. The zero-order chi connectivity index (χ0) is 29.7. The summed E-state index contributed by atoms with van der Waals surface area (Å²) in [4.78, 5) is 30.3. The molecule has 3 N–H and O–H groups in total. The van der Waals surface area contributed by atoms with Crippen LogP contribution in [-0.4, -0.2) is 56.6 Å². The van der Waals surface area contributed by atoms with Gasteiger partial charge in [-0.3, -0.25) is 9.30 Å². The number of imidazole rings is 1. The third-order valence-corrected chi connectivity index (χ3v) is 8.04. The van der Waals surface area contributed by atoms with Crippen LogP contribution in [0.5, 0.6) is 0 Å². The first-order valence-electron chi connectivity index (χ1n) is 14.4. The van der Waals surface area contributed by atoms with E-state index in [-0.39, 0.29) is 6.03 Å². The maximum atomic E-state index is 12.7. The number of thiazole rings is 1. The quantitative estimate of drug-likeness (QED) is 0.177. The molecule has 0 radical (unpaired) electrons. The zero-order valence-corrected chi connectivity index (χ0v) is 24.6. The number of carbonyl (C=O) groups is 1. The van der Waals surface area contributed by atoms with Crippen molar-refractivity contribution in [2.75, 3.05) is 42.3 Å². The van der Waals surface area contributed by atoms with E-state index in [0.717, 1.165) is 71.8 Å². The highest BCUT2D eigenvalue weighted by molar-refractivity contribution is 7.15. The lowest BCUT2D eigenvalue weighted by atomic mass is 10.1. The van der Waals surface area contributed by atoms with Crippen LogP contribution in [0.4, 0.5) is 27.8 Å². The molecular weight excluding hydrogens is 572 g/mol. The van der Waals surface area contributed by atoms with Crippen LogP contribution in [0, 0.1) is 0 Å². The van der Waals surface area contributed by atoms with Crippen molar-refractivity contribution in [2.24, 2.45) is 0 Å². The molecule has 11 heteroatoms. The molecule has 44 heavy (non-hydrogen) atoms. The third-order valence-electron chi connectivity index (χ3n) is 7.28. The van der Waals surface area contributed by atoms with Gasteiger partial charge < -0.3 is 20.7 Å². The van der Waals surface area contributed by atoms with E-state index >= 15 is 0 Å². The molecule has 0 saturated carbocycles. The number of rotatable bonds is 8. The molecule has 1 saturated heterocycles. The lowest BCUT2D eigenvalue weighted by molar-refractivity contribution is 0.0342. The van der Waals surface area contributed by atoms with Gasteiger partial charge >= 0.3 is 6.03 Å². The van der Waals surface area contributed by atoms with E-state index in [9.17, 15) is 4.79 Å². The van der Waals surface area contributed by atoms with Crippen LogP contribution in [-0.2, 0) is 11.3 Å². The maximum absolute atomic E-state index is 12.7. The Labute approximate surface area is 258 Å². The first-order chi connectivity index (χ1) is 21.7. The number of fused-ring (bicyclic) bond motifs is 1. The van der Waals surface area contributed by atoms with Crippen LogP contribution < -0.4 is 16.0 Å². The van der Waals surface area contributed by atoms with E-state index in [0.29, 0.717) is 11.6 Å². The number of carbonyl (C=O) groups excluding carboxylic acids is 1. The second-order valence-electron chi connectivity index (χ2n) is 10.4. The van der Waals surface area contributed by atoms with Crippen molar-refractivity contribution in [3.8, 4) is 22.6 Å². The maximum Gasteiger partial charge on any atom is 0.323 e. The third kappa shape index (κ3) is 6.30. The molecule has 10 nitrogen and oxygen atoms in total. The first kappa shape index (κ1) is 27.7. The Balaban J connectivity index is 1.14. The molecule has 0 spiro atoms. The monoisotopic (exact) mass is 602 g/mol. The first-order valence-corrected chi connectivity index (χ1v) is 15.2. The van der Waals surface area contributed by atoms with Crippen LogP contribution in [0.15, 0.2) is 103 Å². The Morgan fingerprint density at radius 2 is 1.66 bits per heavy atom. The van der Waals surface area contributed by atoms with Crippen LogP contribution in [0.2, 0.25) is 0 Å². The molecule has 0 atom stereocenters. The van der Waals surface area contributed by atoms with Gasteiger partial charge in [0.15, 0.2) is 4.96 Å². The second kappa shape index (κ2) is 12.6. The molecule has 0 aliphatic carbocycles. The lowest BCUT2D eigenvalue weighted by Gasteiger charge is -2.26. The molecule has 6 aromatic rings. The molecule has 0 bridgehead atoms. The SMILES string of the molecule is O=C(Nc1ccccc1)Nc1cccc(-c2nc3sccn3c2-c2ccnc(Nc3cccc(CN4CCOCC4)c3)n2)c1. The number of hydrogen-bond acceptors (Lipinski definition) is 8. The summed E-state index contributed by atoms with van der Waals surface area (Å²) in [6.07, 6.45) is 3.75. The van der Waals surface area contributed by atoms with Crippen LogP contribution in [0.3, 0.4) is 0 Å². The predicted octanol–water partition coefficient (Wildman–Crippen LogP) is 6.74. The van der Waals surface area contributed by atoms with Gasteiger partial charge in [0.25, 0.3) is 0 Å². The molecule has 1 aliphatic heterocycles. The number of urea groups is 1. The summed E-state index contributed by atoms with van der Waals surface area (Å²) in [6.45, 7) is 4.30. The molecular formula is C33H30N8O2S. The second-order valence-corrected chi connectivity index (χ2v) is 11.2. The van der Waals surface area contributed by atoms with Gasteiger partial charge in [-0.25, -0.2) is 19.7 Å². The Kier molecular flexibility index (Phi) is 7.96. The molecule has 4 heterocycles. The predicted molar refractivity (Wildman–Crippen MR) is 174 cm³/mol. The molecule has 0 unspecified atom stereocenters. The van der Waals surface area contributed by atoms with Crippen LogP contribution in [0.25, 0.3) is 27.6 Å². The number of morpholine rings is 1. The van der Waals surface area contributed by atoms with E-state index in [1.54, 1.807) is 17.5 Å². The summed E-state index contributed by atoms with van der Waals surface area (Å²) in [5, 5.41) is 11.2. The minimum absolute atomic E-state index is 0.320. The largest absolute Gasteiger partial charge is 0.379 e. The minimum Gasteiger partial charge on any atom is -0.379 e. The van der Waals surface area contributed by atoms with Crippen molar-refractivity contribution in [3.63, 3.8) is 0 Å². The van der Waals surface area contributed by atoms with E-state index in [4.69, 9.17) is 14.7 Å². The van der Waals surface area contributed by atoms with Crippen molar-refractivity contribution < 1.29 is 9.53 Å². The van der Waals surface area contributed by atoms with E-state index < -0.39 is 0 Å². The Bertz CT molecular complexity index is 1900. The fourth-order valence-corrected chi connectivity index (χ4v) is 5.95. The molecule has 2 amide bonds. The van der Waals surface area contributed by atoms with Crippen molar-refractivity contribution in [1.29, 1.82) is 0 Å². The van der Waals surface area contributed by atoms with Gasteiger partial charge in [-0.1, -0.05) is 42.5 Å². The van der Waals surface area contributed by atoms with Crippen molar-refractivity contribution in [2.45, 2.75) is 6.54 Å². The lowest BCUT2D eigenvalue weighted by Crippen LogP contribution is -2.35. The number of amides is 2. The summed E-state index contributed by atoms with van der Waals surface area (Å²) in [5.74, 6) is 0.496. The standard InChI is InChI=1S/C33H30N8O2S/c42-32(36-25-8-2-1-3-9-25)37-27-11-5-7-24(21-27)29-30(41-16-19-44-33(41)39-29)28-12-13-34-31(38-28)35-26-10-4-6-23(20-26)22-40-14-17-43-18-15-40/h1-13,16,19-21H,14-15,17-18,22H2,(H,34,35,38)(H2,36,37,42). The van der Waals surface area contributed by atoms with Crippen molar-refractivity contribution >= 4 is 45.3 Å². The van der Waals surface area contributed by atoms with Gasteiger partial charge in [-0.15, -0.1) is 11.3 Å². The summed E-state index contributed by atoms with van der Waals surface area (Å²) < 4.78 is 7.52. The summed E-state index contributed by atoms with van der Waals surface area (Å²) in [5.41, 5.74) is 6.71. The van der Waals surface area contributed by atoms with Gasteiger partial charge in [-0.05, 0) is 48.0 Å². The number of nitrogens with zero attached hydrogens (tertiary/aromatic N) is 5. The fourth-order valence-electron chi connectivity index (χ4n) is 5.24. The highest BCUT2D eigenvalue weighted by Gasteiger charge is 2.19. The summed E-state index contributed by atoms with van der Waals surface area (Å²) in [6, 6.07) is 26.9. The van der Waals surface area contributed by atoms with Crippen LogP contribution >= 0.6 is 11.3 Å². The van der Waals surface area contributed by atoms with E-state index in [2.05, 4.69) is 38.0 Å². The number of aromatic nitrogens is 4. The number of benzene rings is 3. The molecule has 1 fully saturated rings. The van der Waals surface area contributed by atoms with Crippen molar-refractivity contribution in [3.05, 3.63) is 108 Å². The normalized spacial score (nSPS) is 13.5. The number of para-hydroxylation sites is 1. The van der Waals surface area contributed by atoms with Crippen molar-refractivity contribution in [1.82, 2.24) is 24.3 Å². The van der Waals surface area contributed by atoms with E-state index in [1.807, 2.05) is 88.8 Å². The fraction of sp³-hybridized carbons (Fsp3) is 0.152. The number of nitrogens with one attached hydrogen (secondary N) is 3. The van der Waals surface area contributed by atoms with Gasteiger partial charge in [0.05, 0.1) is 24.6 Å².